The Kier molecular flexibility index (Phi) is 9.25. The van der Waals surface area contributed by atoms with Crippen molar-refractivity contribution in [2.45, 2.75) is 49.7 Å². The van der Waals surface area contributed by atoms with Crippen LogP contribution in [0.1, 0.15) is 29.5 Å². The van der Waals surface area contributed by atoms with Crippen LogP contribution in [-0.2, 0) is 32.6 Å². The number of rotatable bonds is 10. The Morgan fingerprint density at radius 1 is 0.881 bits per heavy atom. The highest BCUT2D eigenvalue weighted by Gasteiger charge is 2.40. The molecule has 2 fully saturated rings. The van der Waals surface area contributed by atoms with Crippen molar-refractivity contribution in [3.8, 4) is 0 Å². The number of aryl methyl sites for hydroxylation is 1. The Morgan fingerprint density at radius 2 is 1.55 bits per heavy atom. The zero-order valence-corrected chi connectivity index (χ0v) is 24.7. The van der Waals surface area contributed by atoms with Gasteiger partial charge in [0.15, 0.2) is 0 Å². The first-order chi connectivity index (χ1) is 20.2. The molecule has 0 bridgehead atoms. The van der Waals surface area contributed by atoms with Crippen molar-refractivity contribution in [3.05, 3.63) is 95.6 Å². The van der Waals surface area contributed by atoms with Crippen LogP contribution in [0.4, 0.5) is 5.69 Å². The minimum absolute atomic E-state index is 0.101. The van der Waals surface area contributed by atoms with E-state index >= 15 is 0 Å². The highest BCUT2D eigenvalue weighted by molar-refractivity contribution is 7.89. The highest BCUT2D eigenvalue weighted by Crippen LogP contribution is 2.27. The van der Waals surface area contributed by atoms with Gasteiger partial charge < -0.3 is 15.3 Å². The summed E-state index contributed by atoms with van der Waals surface area (Å²) in [5.41, 5.74) is 4.11. The van der Waals surface area contributed by atoms with Crippen molar-refractivity contribution < 1.29 is 23.1 Å². The first-order valence-electron chi connectivity index (χ1n) is 14.4. The third-order valence-electron chi connectivity index (χ3n) is 8.11. The summed E-state index contributed by atoms with van der Waals surface area (Å²) in [7, 11) is -3.88. The van der Waals surface area contributed by atoms with Crippen molar-refractivity contribution in [1.82, 2.24) is 14.5 Å². The topological polar surface area (TPSA) is 110 Å². The quantitative estimate of drug-likeness (QED) is 0.373. The zero-order valence-electron chi connectivity index (χ0n) is 23.9. The van der Waals surface area contributed by atoms with Gasteiger partial charge in [-0.15, -0.1) is 0 Å². The van der Waals surface area contributed by atoms with Crippen LogP contribution >= 0.6 is 0 Å². The molecule has 9 nitrogen and oxygen atoms in total. The Bertz CT molecular complexity index is 1470. The molecule has 3 aromatic rings. The smallest absolute Gasteiger partial charge is 0.326 e. The first kappa shape index (κ1) is 29.8. The fourth-order valence-electron chi connectivity index (χ4n) is 5.69. The predicted octanol–water partition coefficient (Wildman–Crippen LogP) is 3.28. The van der Waals surface area contributed by atoms with Crippen LogP contribution in [0.3, 0.4) is 0 Å². The van der Waals surface area contributed by atoms with E-state index in [-0.39, 0.29) is 17.9 Å². The number of hydrogen-bond donors (Lipinski definition) is 2. The summed E-state index contributed by atoms with van der Waals surface area (Å²) in [5, 5.41) is 12.5. The number of carbonyl (C=O) groups excluding carboxylic acids is 1. The second kappa shape index (κ2) is 13.1. The molecule has 0 unspecified atom stereocenters. The molecule has 0 radical (unpaired) electrons. The average Bonchev–Trinajstić information content (AvgIpc) is 3.50. The van der Waals surface area contributed by atoms with Gasteiger partial charge >= 0.3 is 5.97 Å². The van der Waals surface area contributed by atoms with Crippen LogP contribution in [0.5, 0.6) is 0 Å². The molecule has 2 saturated heterocycles. The molecule has 2 atom stereocenters. The standard InChI is InChI=1S/C32H38N4O5S/c1-24-9-15-28(16-10-24)42(40,41)36-17-5-8-30(36)31(37)33-29(32(38)39)22-25-11-13-27(14-12-25)35-20-18-34(19-21-35)23-26-6-3-2-4-7-26/h2-4,6-7,9-16,29-30H,5,8,17-23H2,1H3,(H,33,37)(H,38,39)/t29-,30-/m0/s1. The molecule has 2 aliphatic rings. The lowest BCUT2D eigenvalue weighted by atomic mass is 10.0. The zero-order chi connectivity index (χ0) is 29.7. The number of sulfonamides is 1. The van der Waals surface area contributed by atoms with Gasteiger partial charge in [0, 0.05) is 51.4 Å². The van der Waals surface area contributed by atoms with Gasteiger partial charge in [-0.1, -0.05) is 60.2 Å². The summed E-state index contributed by atoms with van der Waals surface area (Å²) in [6, 6.07) is 22.6. The van der Waals surface area contributed by atoms with Crippen molar-refractivity contribution >= 4 is 27.6 Å². The van der Waals surface area contributed by atoms with Gasteiger partial charge in [-0.05, 0) is 55.2 Å². The summed E-state index contributed by atoms with van der Waals surface area (Å²) < 4.78 is 27.7. The van der Waals surface area contributed by atoms with E-state index in [4.69, 9.17) is 0 Å². The maximum absolute atomic E-state index is 13.3. The second-order valence-corrected chi connectivity index (χ2v) is 13.0. The molecule has 222 valence electrons. The molecule has 0 saturated carbocycles. The molecular weight excluding hydrogens is 552 g/mol. The van der Waals surface area contributed by atoms with Crippen molar-refractivity contribution in [1.29, 1.82) is 0 Å². The molecule has 42 heavy (non-hydrogen) atoms. The highest BCUT2D eigenvalue weighted by atomic mass is 32.2. The summed E-state index contributed by atoms with van der Waals surface area (Å²) >= 11 is 0. The van der Waals surface area contributed by atoms with Crippen LogP contribution in [-0.4, -0.2) is 79.4 Å². The van der Waals surface area contributed by atoms with Gasteiger partial charge in [0.1, 0.15) is 12.1 Å². The maximum Gasteiger partial charge on any atom is 0.326 e. The minimum atomic E-state index is -3.88. The average molecular weight is 591 g/mol. The molecule has 2 aliphatic heterocycles. The van der Waals surface area contributed by atoms with E-state index in [9.17, 15) is 23.1 Å². The number of nitrogens with one attached hydrogen (secondary N) is 1. The largest absolute Gasteiger partial charge is 0.480 e. The minimum Gasteiger partial charge on any atom is -0.480 e. The number of aliphatic carboxylic acids is 1. The molecule has 5 rings (SSSR count). The van der Waals surface area contributed by atoms with Gasteiger partial charge in [0.25, 0.3) is 0 Å². The van der Waals surface area contributed by atoms with Gasteiger partial charge in [-0.2, -0.15) is 4.31 Å². The summed E-state index contributed by atoms with van der Waals surface area (Å²) in [6.07, 6.45) is 0.975. The van der Waals surface area contributed by atoms with Gasteiger partial charge in [0.05, 0.1) is 4.90 Å². The number of carboxylic acid groups (broad SMARTS) is 1. The molecule has 3 aromatic carbocycles. The predicted molar refractivity (Wildman–Crippen MR) is 162 cm³/mol. The van der Waals surface area contributed by atoms with Crippen LogP contribution in [0, 0.1) is 6.92 Å². The fourth-order valence-corrected chi connectivity index (χ4v) is 7.34. The van der Waals surface area contributed by atoms with E-state index in [0.29, 0.717) is 12.8 Å². The monoisotopic (exact) mass is 590 g/mol. The molecule has 2 heterocycles. The number of carbonyl (C=O) groups is 2. The van der Waals surface area contributed by atoms with Crippen LogP contribution in [0.2, 0.25) is 0 Å². The van der Waals surface area contributed by atoms with Crippen molar-refractivity contribution in [2.75, 3.05) is 37.6 Å². The molecule has 1 amide bonds. The van der Waals surface area contributed by atoms with Crippen LogP contribution in [0.25, 0.3) is 0 Å². The summed E-state index contributed by atoms with van der Waals surface area (Å²) in [5.74, 6) is -1.74. The summed E-state index contributed by atoms with van der Waals surface area (Å²) in [6.45, 7) is 6.76. The van der Waals surface area contributed by atoms with Crippen molar-refractivity contribution in [2.24, 2.45) is 0 Å². The van der Waals surface area contributed by atoms with Crippen molar-refractivity contribution in [3.63, 3.8) is 0 Å². The second-order valence-electron chi connectivity index (χ2n) is 11.1. The fraction of sp³-hybridized carbons (Fsp3) is 0.375. The maximum atomic E-state index is 13.3. The molecule has 10 heteroatoms. The van der Waals surface area contributed by atoms with E-state index in [1.165, 1.54) is 22.0 Å². The Labute approximate surface area is 247 Å². The van der Waals surface area contributed by atoms with E-state index in [2.05, 4.69) is 39.4 Å². The van der Waals surface area contributed by atoms with Gasteiger partial charge in [-0.3, -0.25) is 9.69 Å². The molecule has 0 spiro atoms. The van der Waals surface area contributed by atoms with E-state index < -0.39 is 34.0 Å². The first-order valence-corrected chi connectivity index (χ1v) is 15.9. The number of hydrogen-bond acceptors (Lipinski definition) is 6. The number of anilines is 1. The number of carboxylic acids is 1. The SMILES string of the molecule is Cc1ccc(S(=O)(=O)N2CCC[C@H]2C(=O)N[C@@H](Cc2ccc(N3CCN(Cc4ccccc4)CC3)cc2)C(=O)O)cc1. The lowest BCUT2D eigenvalue weighted by Gasteiger charge is -2.36. The number of amides is 1. The lowest BCUT2D eigenvalue weighted by Crippen LogP contribution is -2.51. The molecule has 0 aromatic heterocycles. The van der Waals surface area contributed by atoms with Crippen LogP contribution < -0.4 is 10.2 Å². The molecule has 0 aliphatic carbocycles. The van der Waals surface area contributed by atoms with E-state index in [1.807, 2.05) is 37.3 Å². The normalized spacial score (nSPS) is 19.0. The third-order valence-corrected chi connectivity index (χ3v) is 10.0. The van der Waals surface area contributed by atoms with E-state index in [0.717, 1.165) is 49.5 Å². The van der Waals surface area contributed by atoms with Gasteiger partial charge in [-0.25, -0.2) is 13.2 Å². The number of piperazine rings is 1. The number of nitrogens with zero attached hydrogens (tertiary/aromatic N) is 3. The lowest BCUT2D eigenvalue weighted by molar-refractivity contribution is -0.142. The number of benzene rings is 3. The summed E-state index contributed by atoms with van der Waals surface area (Å²) in [4.78, 5) is 30.2. The Balaban J connectivity index is 1.17. The van der Waals surface area contributed by atoms with Gasteiger partial charge in [0.2, 0.25) is 15.9 Å². The van der Waals surface area contributed by atoms with E-state index in [1.54, 1.807) is 12.1 Å². The molecular formula is C32H38N4O5S. The Morgan fingerprint density at radius 3 is 2.19 bits per heavy atom. The van der Waals surface area contributed by atoms with Crippen LogP contribution in [0.15, 0.2) is 83.8 Å². The molecule has 2 N–H and O–H groups in total. The Hall–Kier alpha value is -3.73. The third kappa shape index (κ3) is 7.00.